The molecule has 5 rings (SSSR count). The number of hydrogen-bond acceptors (Lipinski definition) is 7. The van der Waals surface area contributed by atoms with E-state index in [1.165, 1.54) is 23.1 Å². The summed E-state index contributed by atoms with van der Waals surface area (Å²) in [5.74, 6) is -1.13. The van der Waals surface area contributed by atoms with Crippen molar-refractivity contribution in [2.24, 2.45) is 0 Å². The quantitative estimate of drug-likeness (QED) is 0.356. The lowest BCUT2D eigenvalue weighted by atomic mass is 10.1. The number of benzene rings is 1. The Bertz CT molecular complexity index is 1500. The van der Waals surface area contributed by atoms with Crippen LogP contribution in [0.25, 0.3) is 22.6 Å². The van der Waals surface area contributed by atoms with E-state index in [0.29, 0.717) is 41.3 Å². The van der Waals surface area contributed by atoms with Crippen molar-refractivity contribution in [3.05, 3.63) is 65.5 Å². The van der Waals surface area contributed by atoms with Crippen molar-refractivity contribution < 1.29 is 18.7 Å². The Labute approximate surface area is 219 Å². The van der Waals surface area contributed by atoms with Gasteiger partial charge in [0.15, 0.2) is 5.65 Å². The molecular formula is C27H30FN7O3. The summed E-state index contributed by atoms with van der Waals surface area (Å²) in [5, 5.41) is 12.5. The monoisotopic (exact) mass is 519 g/mol. The number of hydrazine groups is 1. The Kier molecular flexibility index (Phi) is 7.19. The number of carbonyl (C=O) groups is 2. The smallest absolute Gasteiger partial charge is 0.341 e. The molecule has 1 aliphatic heterocycles. The first-order valence-corrected chi connectivity index (χ1v) is 12.8. The van der Waals surface area contributed by atoms with Crippen LogP contribution in [0.4, 0.5) is 4.39 Å². The highest BCUT2D eigenvalue weighted by Gasteiger charge is 2.24. The SMILES string of the molecule is CCOC(=O)c1cnn(-c2ccc(-c3cc4nc(C(=O)N5CCCCCN5C)cc(CC)n4n3)c(F)c2)c1. The van der Waals surface area contributed by atoms with Crippen molar-refractivity contribution in [2.45, 2.75) is 39.5 Å². The molecule has 1 fully saturated rings. The topological polar surface area (TPSA) is 97.9 Å². The van der Waals surface area contributed by atoms with Gasteiger partial charge in [0.05, 0.1) is 29.7 Å². The third-order valence-electron chi connectivity index (χ3n) is 6.67. The maximum absolute atomic E-state index is 15.3. The third kappa shape index (κ3) is 4.89. The predicted octanol–water partition coefficient (Wildman–Crippen LogP) is 3.93. The molecule has 0 bridgehead atoms. The van der Waals surface area contributed by atoms with E-state index >= 15 is 4.39 Å². The standard InChI is InChI=1S/C27H30FN7O3/c1-4-19-14-24(26(36)34-12-8-6-7-11-32(34)3)30-25-15-23(31-35(19)25)21-10-9-20(13-22(21)28)33-17-18(16-29-33)27(37)38-5-2/h9-10,13-17H,4-8,11-12H2,1-3H3. The van der Waals surface area contributed by atoms with Gasteiger partial charge in [-0.15, -0.1) is 0 Å². The van der Waals surface area contributed by atoms with E-state index in [1.807, 2.05) is 19.0 Å². The first-order chi connectivity index (χ1) is 18.4. The number of esters is 1. The third-order valence-corrected chi connectivity index (χ3v) is 6.67. The summed E-state index contributed by atoms with van der Waals surface area (Å²) < 4.78 is 23.3. The zero-order valence-corrected chi connectivity index (χ0v) is 21.7. The Morgan fingerprint density at radius 3 is 2.66 bits per heavy atom. The zero-order chi connectivity index (χ0) is 26.8. The molecule has 0 saturated carbocycles. The normalized spacial score (nSPS) is 14.6. The lowest BCUT2D eigenvalue weighted by Crippen LogP contribution is -2.44. The maximum atomic E-state index is 15.3. The molecule has 198 valence electrons. The van der Waals surface area contributed by atoms with Gasteiger partial charge in [-0.1, -0.05) is 13.3 Å². The van der Waals surface area contributed by atoms with Crippen LogP contribution >= 0.6 is 0 Å². The highest BCUT2D eigenvalue weighted by atomic mass is 19.1. The highest BCUT2D eigenvalue weighted by molar-refractivity contribution is 5.92. The van der Waals surface area contributed by atoms with Gasteiger partial charge in [0, 0.05) is 49.7 Å². The minimum atomic E-state index is -0.500. The summed E-state index contributed by atoms with van der Waals surface area (Å²) >= 11 is 0. The molecule has 0 unspecified atom stereocenters. The van der Waals surface area contributed by atoms with Gasteiger partial charge in [-0.05, 0) is 44.4 Å². The zero-order valence-electron chi connectivity index (χ0n) is 21.7. The fourth-order valence-corrected chi connectivity index (χ4v) is 4.63. The maximum Gasteiger partial charge on any atom is 0.341 e. The number of nitrogens with zero attached hydrogens (tertiary/aromatic N) is 7. The second-order valence-electron chi connectivity index (χ2n) is 9.21. The predicted molar refractivity (Wildman–Crippen MR) is 138 cm³/mol. The summed E-state index contributed by atoms with van der Waals surface area (Å²) in [6.07, 6.45) is 6.59. The van der Waals surface area contributed by atoms with Gasteiger partial charge in [0.2, 0.25) is 0 Å². The van der Waals surface area contributed by atoms with Gasteiger partial charge in [-0.2, -0.15) is 10.2 Å². The molecule has 4 heterocycles. The first kappa shape index (κ1) is 25.5. The van der Waals surface area contributed by atoms with E-state index in [1.54, 1.807) is 40.7 Å². The number of carbonyl (C=O) groups excluding carboxylic acids is 2. The van der Waals surface area contributed by atoms with Gasteiger partial charge in [0.25, 0.3) is 5.91 Å². The molecule has 0 aliphatic carbocycles. The van der Waals surface area contributed by atoms with Gasteiger partial charge >= 0.3 is 5.97 Å². The lowest BCUT2D eigenvalue weighted by Gasteiger charge is -2.29. The van der Waals surface area contributed by atoms with E-state index in [4.69, 9.17) is 4.74 Å². The fraction of sp³-hybridized carbons (Fsp3) is 0.370. The second kappa shape index (κ2) is 10.7. The van der Waals surface area contributed by atoms with E-state index in [0.717, 1.165) is 31.5 Å². The number of aromatic nitrogens is 5. The largest absolute Gasteiger partial charge is 0.462 e. The number of amides is 1. The van der Waals surface area contributed by atoms with Crippen LogP contribution < -0.4 is 0 Å². The molecule has 0 N–H and O–H groups in total. The Morgan fingerprint density at radius 1 is 1.08 bits per heavy atom. The fourth-order valence-electron chi connectivity index (χ4n) is 4.63. The Balaban J connectivity index is 1.46. The van der Waals surface area contributed by atoms with Crippen LogP contribution in [-0.2, 0) is 11.2 Å². The molecular weight excluding hydrogens is 489 g/mol. The Morgan fingerprint density at radius 2 is 1.89 bits per heavy atom. The molecule has 3 aromatic heterocycles. The molecule has 0 spiro atoms. The molecule has 4 aromatic rings. The number of ether oxygens (including phenoxy) is 1. The van der Waals surface area contributed by atoms with E-state index in [2.05, 4.69) is 15.2 Å². The van der Waals surface area contributed by atoms with Crippen LogP contribution in [0.3, 0.4) is 0 Å². The van der Waals surface area contributed by atoms with Gasteiger partial charge in [0.1, 0.15) is 11.5 Å². The molecule has 1 aliphatic rings. The van der Waals surface area contributed by atoms with Crippen molar-refractivity contribution >= 4 is 17.5 Å². The van der Waals surface area contributed by atoms with E-state index in [-0.39, 0.29) is 18.1 Å². The van der Waals surface area contributed by atoms with E-state index in [9.17, 15) is 9.59 Å². The average Bonchev–Trinajstić information content (AvgIpc) is 3.52. The van der Waals surface area contributed by atoms with Crippen LogP contribution in [-0.4, -0.2) is 73.0 Å². The lowest BCUT2D eigenvalue weighted by molar-refractivity contribution is 0.0113. The molecule has 1 aromatic carbocycles. The van der Waals surface area contributed by atoms with Gasteiger partial charge in [-0.25, -0.2) is 28.4 Å². The summed E-state index contributed by atoms with van der Waals surface area (Å²) in [7, 11) is 1.92. The number of halogens is 1. The molecule has 0 atom stereocenters. The molecule has 0 radical (unpaired) electrons. The molecule has 11 heteroatoms. The van der Waals surface area contributed by atoms with Crippen LogP contribution in [0, 0.1) is 5.82 Å². The van der Waals surface area contributed by atoms with Crippen molar-refractivity contribution in [3.8, 4) is 16.9 Å². The number of aryl methyl sites for hydroxylation is 1. The van der Waals surface area contributed by atoms with Crippen LogP contribution in [0.2, 0.25) is 0 Å². The van der Waals surface area contributed by atoms with Crippen molar-refractivity contribution in [3.63, 3.8) is 0 Å². The average molecular weight is 520 g/mol. The van der Waals surface area contributed by atoms with Crippen molar-refractivity contribution in [2.75, 3.05) is 26.7 Å². The number of rotatable bonds is 6. The Hall–Kier alpha value is -4.12. The van der Waals surface area contributed by atoms with Crippen molar-refractivity contribution in [1.29, 1.82) is 0 Å². The first-order valence-electron chi connectivity index (χ1n) is 12.8. The van der Waals surface area contributed by atoms with Gasteiger partial charge < -0.3 is 4.74 Å². The minimum absolute atomic E-state index is 0.147. The highest BCUT2D eigenvalue weighted by Crippen LogP contribution is 2.26. The molecule has 1 amide bonds. The minimum Gasteiger partial charge on any atom is -0.462 e. The van der Waals surface area contributed by atoms with Crippen molar-refractivity contribution in [1.82, 2.24) is 34.4 Å². The molecule has 1 saturated heterocycles. The summed E-state index contributed by atoms with van der Waals surface area (Å²) in [4.78, 5) is 29.9. The van der Waals surface area contributed by atoms with Crippen LogP contribution in [0.1, 0.15) is 59.7 Å². The van der Waals surface area contributed by atoms with E-state index < -0.39 is 11.8 Å². The second-order valence-corrected chi connectivity index (χ2v) is 9.21. The van der Waals surface area contributed by atoms with Gasteiger partial charge in [-0.3, -0.25) is 9.80 Å². The summed E-state index contributed by atoms with van der Waals surface area (Å²) in [6.45, 7) is 5.44. The summed E-state index contributed by atoms with van der Waals surface area (Å²) in [5.41, 5.74) is 3.07. The molecule has 10 nitrogen and oxygen atoms in total. The van der Waals surface area contributed by atoms with Crippen LogP contribution in [0.15, 0.2) is 42.7 Å². The number of fused-ring (bicyclic) bond motifs is 1. The van der Waals surface area contributed by atoms with Crippen LogP contribution in [0.5, 0.6) is 0 Å². The molecule has 38 heavy (non-hydrogen) atoms. The number of hydrogen-bond donors (Lipinski definition) is 0. The summed E-state index contributed by atoms with van der Waals surface area (Å²) in [6, 6.07) is 8.10.